The molecule has 104 valence electrons. The molecule has 0 radical (unpaired) electrons. The van der Waals surface area contributed by atoms with Crippen molar-refractivity contribution in [1.82, 2.24) is 25.2 Å². The van der Waals surface area contributed by atoms with E-state index in [9.17, 15) is 4.79 Å². The van der Waals surface area contributed by atoms with E-state index in [1.807, 2.05) is 12.1 Å². The molecule has 0 saturated carbocycles. The van der Waals surface area contributed by atoms with Gasteiger partial charge < -0.3 is 4.90 Å². The van der Waals surface area contributed by atoms with Crippen LogP contribution in [0, 0.1) is 0 Å². The van der Waals surface area contributed by atoms with Gasteiger partial charge in [-0.2, -0.15) is 0 Å². The Kier molecular flexibility index (Phi) is 3.38. The number of benzene rings is 1. The van der Waals surface area contributed by atoms with Crippen molar-refractivity contribution in [2.24, 2.45) is 0 Å². The van der Waals surface area contributed by atoms with E-state index in [0.717, 1.165) is 11.4 Å². The fraction of sp³-hybridized carbons (Fsp3) is 0.0714. The van der Waals surface area contributed by atoms with Gasteiger partial charge in [0.2, 0.25) is 0 Å². The topological polar surface area (TPSA) is 76.8 Å². The lowest BCUT2D eigenvalue weighted by Gasteiger charge is -2.17. The van der Waals surface area contributed by atoms with E-state index in [-0.39, 0.29) is 5.91 Å². The fourth-order valence-corrected chi connectivity index (χ4v) is 1.92. The quantitative estimate of drug-likeness (QED) is 0.723. The first-order valence-electron chi connectivity index (χ1n) is 6.27. The largest absolute Gasteiger partial charge is 0.310 e. The van der Waals surface area contributed by atoms with Crippen molar-refractivity contribution < 1.29 is 4.79 Å². The van der Waals surface area contributed by atoms with Crippen LogP contribution in [0.4, 0.5) is 5.69 Å². The molecule has 3 aromatic rings. The number of aromatic nitrogens is 5. The maximum Gasteiger partial charge on any atom is 0.258 e. The Labute approximate surface area is 120 Å². The van der Waals surface area contributed by atoms with Crippen molar-refractivity contribution in [2.75, 3.05) is 11.9 Å². The zero-order valence-corrected chi connectivity index (χ0v) is 11.3. The SMILES string of the molecule is CN(C(=O)c1cccc(-n2cnnn2)c1)c1cccnc1. The second kappa shape index (κ2) is 5.49. The summed E-state index contributed by atoms with van der Waals surface area (Å²) in [6.45, 7) is 0. The van der Waals surface area contributed by atoms with Gasteiger partial charge in [-0.1, -0.05) is 6.07 Å². The van der Waals surface area contributed by atoms with Crippen LogP contribution in [0.15, 0.2) is 55.1 Å². The van der Waals surface area contributed by atoms with Crippen molar-refractivity contribution >= 4 is 11.6 Å². The van der Waals surface area contributed by atoms with Crippen LogP contribution in [0.5, 0.6) is 0 Å². The summed E-state index contributed by atoms with van der Waals surface area (Å²) in [7, 11) is 1.71. The first kappa shape index (κ1) is 12.9. The second-order valence-corrected chi connectivity index (χ2v) is 4.38. The van der Waals surface area contributed by atoms with Crippen LogP contribution in [0.2, 0.25) is 0 Å². The highest BCUT2D eigenvalue weighted by molar-refractivity contribution is 6.05. The Morgan fingerprint density at radius 2 is 2.14 bits per heavy atom. The summed E-state index contributed by atoms with van der Waals surface area (Å²) in [5.74, 6) is -0.127. The molecule has 0 aliphatic carbocycles. The average Bonchev–Trinajstić information content (AvgIpc) is 3.09. The molecular formula is C14H12N6O. The first-order valence-corrected chi connectivity index (χ1v) is 6.27. The zero-order chi connectivity index (χ0) is 14.7. The Balaban J connectivity index is 1.90. The Morgan fingerprint density at radius 3 is 2.86 bits per heavy atom. The summed E-state index contributed by atoms with van der Waals surface area (Å²) in [4.78, 5) is 18.1. The van der Waals surface area contributed by atoms with Gasteiger partial charge in [-0.15, -0.1) is 5.10 Å². The van der Waals surface area contributed by atoms with Crippen LogP contribution in [-0.4, -0.2) is 38.1 Å². The van der Waals surface area contributed by atoms with E-state index in [1.54, 1.807) is 48.6 Å². The van der Waals surface area contributed by atoms with Crippen LogP contribution in [0.25, 0.3) is 5.69 Å². The van der Waals surface area contributed by atoms with E-state index in [2.05, 4.69) is 20.5 Å². The van der Waals surface area contributed by atoms with Crippen molar-refractivity contribution in [1.29, 1.82) is 0 Å². The van der Waals surface area contributed by atoms with Crippen LogP contribution < -0.4 is 4.90 Å². The van der Waals surface area contributed by atoms with Gasteiger partial charge in [-0.3, -0.25) is 9.78 Å². The molecule has 1 aromatic carbocycles. The first-order chi connectivity index (χ1) is 10.3. The highest BCUT2D eigenvalue weighted by atomic mass is 16.2. The standard InChI is InChI=1S/C14H12N6O/c1-19(13-6-3-7-15-9-13)14(21)11-4-2-5-12(8-11)20-10-16-17-18-20/h2-10H,1H3. The highest BCUT2D eigenvalue weighted by Gasteiger charge is 2.14. The van der Waals surface area contributed by atoms with Crippen LogP contribution in [0.1, 0.15) is 10.4 Å². The number of carbonyl (C=O) groups is 1. The van der Waals surface area contributed by atoms with Gasteiger partial charge in [0.1, 0.15) is 6.33 Å². The van der Waals surface area contributed by atoms with Crippen molar-refractivity contribution in [3.63, 3.8) is 0 Å². The minimum Gasteiger partial charge on any atom is -0.310 e. The minimum absolute atomic E-state index is 0.127. The summed E-state index contributed by atoms with van der Waals surface area (Å²) in [5, 5.41) is 11.0. The van der Waals surface area contributed by atoms with E-state index in [4.69, 9.17) is 0 Å². The monoisotopic (exact) mass is 280 g/mol. The molecule has 0 atom stereocenters. The molecule has 0 aliphatic rings. The van der Waals surface area contributed by atoms with Crippen LogP contribution >= 0.6 is 0 Å². The average molecular weight is 280 g/mol. The summed E-state index contributed by atoms with van der Waals surface area (Å²) in [6.07, 6.45) is 4.79. The lowest BCUT2D eigenvalue weighted by Crippen LogP contribution is -2.26. The third-order valence-corrected chi connectivity index (χ3v) is 3.04. The number of hydrogen-bond acceptors (Lipinski definition) is 5. The summed E-state index contributed by atoms with van der Waals surface area (Å²) in [6, 6.07) is 10.7. The number of rotatable bonds is 3. The lowest BCUT2D eigenvalue weighted by atomic mass is 10.1. The molecule has 2 heterocycles. The summed E-state index contributed by atoms with van der Waals surface area (Å²) in [5.41, 5.74) is 2.01. The molecule has 0 unspecified atom stereocenters. The molecule has 21 heavy (non-hydrogen) atoms. The van der Waals surface area contributed by atoms with Gasteiger partial charge in [0, 0.05) is 18.8 Å². The van der Waals surface area contributed by atoms with Gasteiger partial charge in [-0.25, -0.2) is 4.68 Å². The Morgan fingerprint density at radius 1 is 1.24 bits per heavy atom. The molecule has 0 fully saturated rings. The molecule has 7 heteroatoms. The van der Waals surface area contributed by atoms with Crippen molar-refractivity contribution in [3.05, 3.63) is 60.7 Å². The summed E-state index contributed by atoms with van der Waals surface area (Å²) >= 11 is 0. The molecule has 0 spiro atoms. The smallest absolute Gasteiger partial charge is 0.258 e. The molecule has 7 nitrogen and oxygen atoms in total. The Hall–Kier alpha value is -3.09. The lowest BCUT2D eigenvalue weighted by molar-refractivity contribution is 0.0993. The molecule has 2 aromatic heterocycles. The van der Waals surface area contributed by atoms with E-state index < -0.39 is 0 Å². The van der Waals surface area contributed by atoms with Crippen molar-refractivity contribution in [3.8, 4) is 5.69 Å². The fourth-order valence-electron chi connectivity index (χ4n) is 1.92. The van der Waals surface area contributed by atoms with Crippen LogP contribution in [-0.2, 0) is 0 Å². The van der Waals surface area contributed by atoms with E-state index >= 15 is 0 Å². The predicted octanol–water partition coefficient (Wildman–Crippen LogP) is 1.33. The van der Waals surface area contributed by atoms with Crippen LogP contribution in [0.3, 0.4) is 0 Å². The third-order valence-electron chi connectivity index (χ3n) is 3.04. The van der Waals surface area contributed by atoms with Gasteiger partial charge in [0.05, 0.1) is 17.6 Å². The maximum atomic E-state index is 12.5. The number of hydrogen-bond donors (Lipinski definition) is 0. The number of pyridine rings is 1. The predicted molar refractivity (Wildman–Crippen MR) is 76.1 cm³/mol. The molecule has 0 N–H and O–H groups in total. The van der Waals surface area contributed by atoms with Gasteiger partial charge in [-0.05, 0) is 40.8 Å². The Bertz CT molecular complexity index is 741. The van der Waals surface area contributed by atoms with Gasteiger partial charge in [0.25, 0.3) is 5.91 Å². The highest BCUT2D eigenvalue weighted by Crippen LogP contribution is 2.15. The molecule has 3 rings (SSSR count). The normalized spacial score (nSPS) is 10.3. The molecule has 0 aliphatic heterocycles. The van der Waals surface area contributed by atoms with Crippen molar-refractivity contribution in [2.45, 2.75) is 0 Å². The van der Waals surface area contributed by atoms with Gasteiger partial charge in [0.15, 0.2) is 0 Å². The van der Waals surface area contributed by atoms with E-state index in [0.29, 0.717) is 5.56 Å². The second-order valence-electron chi connectivity index (χ2n) is 4.38. The molecular weight excluding hydrogens is 268 g/mol. The maximum absolute atomic E-state index is 12.5. The van der Waals surface area contributed by atoms with Gasteiger partial charge >= 0.3 is 0 Å². The minimum atomic E-state index is -0.127. The summed E-state index contributed by atoms with van der Waals surface area (Å²) < 4.78 is 1.50. The number of carbonyl (C=O) groups excluding carboxylic acids is 1. The number of amides is 1. The molecule has 1 amide bonds. The molecule has 0 saturated heterocycles. The van der Waals surface area contributed by atoms with E-state index in [1.165, 1.54) is 11.0 Å². The third kappa shape index (κ3) is 2.62. The number of tetrazole rings is 1. The zero-order valence-electron chi connectivity index (χ0n) is 11.3. The number of nitrogens with zero attached hydrogens (tertiary/aromatic N) is 6. The molecule has 0 bridgehead atoms. The number of anilines is 1.